The van der Waals surface area contributed by atoms with Gasteiger partial charge in [0.2, 0.25) is 5.91 Å². The van der Waals surface area contributed by atoms with Crippen molar-refractivity contribution in [1.82, 2.24) is 9.80 Å². The van der Waals surface area contributed by atoms with Crippen molar-refractivity contribution >= 4 is 12.0 Å². The number of nitrogens with zero attached hydrogens (tertiary/aromatic N) is 2. The van der Waals surface area contributed by atoms with Gasteiger partial charge < -0.3 is 9.32 Å². The Bertz CT molecular complexity index is 691. The Hall–Kier alpha value is -2.33. The Morgan fingerprint density at radius 2 is 1.92 bits per heavy atom. The molecule has 1 fully saturated rings. The molecular weight excluding hydrogens is 300 g/mol. The summed E-state index contributed by atoms with van der Waals surface area (Å²) in [5, 5.41) is 0. The maximum Gasteiger partial charge on any atom is 0.246 e. The number of hydrogen-bond donors (Lipinski definition) is 0. The van der Waals surface area contributed by atoms with Crippen molar-refractivity contribution < 1.29 is 9.21 Å². The first-order valence-electron chi connectivity index (χ1n) is 8.50. The molecule has 0 aliphatic carbocycles. The van der Waals surface area contributed by atoms with E-state index in [4.69, 9.17) is 4.42 Å². The molecule has 1 aromatic heterocycles. The molecular formula is C20H24N2O2. The molecule has 24 heavy (non-hydrogen) atoms. The number of carbonyl (C=O) groups excluding carboxylic acids is 1. The molecule has 0 bridgehead atoms. The van der Waals surface area contributed by atoms with Gasteiger partial charge >= 0.3 is 0 Å². The normalized spacial score (nSPS) is 16.5. The lowest BCUT2D eigenvalue weighted by Crippen LogP contribution is -2.34. The van der Waals surface area contributed by atoms with Gasteiger partial charge in [0.25, 0.3) is 0 Å². The van der Waals surface area contributed by atoms with Crippen LogP contribution in [0.5, 0.6) is 0 Å². The van der Waals surface area contributed by atoms with Crippen molar-refractivity contribution in [3.05, 3.63) is 65.6 Å². The molecule has 0 spiro atoms. The van der Waals surface area contributed by atoms with E-state index < -0.39 is 0 Å². The molecule has 0 radical (unpaired) electrons. The van der Waals surface area contributed by atoms with Gasteiger partial charge in [-0.1, -0.05) is 30.3 Å². The van der Waals surface area contributed by atoms with Crippen molar-refractivity contribution in [2.24, 2.45) is 0 Å². The maximum atomic E-state index is 12.4. The zero-order chi connectivity index (χ0) is 16.8. The van der Waals surface area contributed by atoms with E-state index in [0.29, 0.717) is 0 Å². The van der Waals surface area contributed by atoms with E-state index in [2.05, 4.69) is 29.2 Å². The van der Waals surface area contributed by atoms with E-state index in [1.807, 2.05) is 30.0 Å². The predicted molar refractivity (Wildman–Crippen MR) is 95.4 cm³/mol. The quantitative estimate of drug-likeness (QED) is 0.810. The van der Waals surface area contributed by atoms with Crippen molar-refractivity contribution in [2.45, 2.75) is 19.9 Å². The van der Waals surface area contributed by atoms with Crippen LogP contribution in [-0.2, 0) is 11.3 Å². The van der Waals surface area contributed by atoms with Crippen LogP contribution in [0.1, 0.15) is 23.5 Å². The summed E-state index contributed by atoms with van der Waals surface area (Å²) in [7, 11) is 0. The molecule has 1 saturated heterocycles. The smallest absolute Gasteiger partial charge is 0.246 e. The second-order valence-electron chi connectivity index (χ2n) is 6.22. The molecule has 0 atom stereocenters. The number of furan rings is 1. The first-order chi connectivity index (χ1) is 11.7. The number of rotatable bonds is 4. The summed E-state index contributed by atoms with van der Waals surface area (Å²) in [6.07, 6.45) is 4.37. The number of benzene rings is 1. The van der Waals surface area contributed by atoms with Crippen LogP contribution < -0.4 is 0 Å². The summed E-state index contributed by atoms with van der Waals surface area (Å²) in [5.41, 5.74) is 1.32. The molecule has 1 amide bonds. The monoisotopic (exact) mass is 324 g/mol. The minimum absolute atomic E-state index is 0.0608. The molecule has 4 nitrogen and oxygen atoms in total. The summed E-state index contributed by atoms with van der Waals surface area (Å²) in [6.45, 7) is 6.37. The van der Waals surface area contributed by atoms with Gasteiger partial charge in [-0.15, -0.1) is 0 Å². The summed E-state index contributed by atoms with van der Waals surface area (Å²) in [5.74, 6) is 1.64. The lowest BCUT2D eigenvalue weighted by molar-refractivity contribution is -0.125. The molecule has 3 rings (SSSR count). The Balaban J connectivity index is 1.53. The maximum absolute atomic E-state index is 12.4. The molecule has 126 valence electrons. The summed E-state index contributed by atoms with van der Waals surface area (Å²) in [6, 6.07) is 14.3. The third kappa shape index (κ3) is 4.59. The topological polar surface area (TPSA) is 36.7 Å². The summed E-state index contributed by atoms with van der Waals surface area (Å²) in [4.78, 5) is 16.7. The van der Waals surface area contributed by atoms with Gasteiger partial charge in [-0.2, -0.15) is 0 Å². The molecule has 2 aromatic rings. The molecule has 4 heteroatoms. The first kappa shape index (κ1) is 16.5. The highest BCUT2D eigenvalue weighted by Gasteiger charge is 2.17. The largest absolute Gasteiger partial charge is 0.462 e. The summed E-state index contributed by atoms with van der Waals surface area (Å²) >= 11 is 0. The van der Waals surface area contributed by atoms with Crippen molar-refractivity contribution in [3.8, 4) is 0 Å². The van der Waals surface area contributed by atoms with E-state index in [-0.39, 0.29) is 5.91 Å². The minimum Gasteiger partial charge on any atom is -0.462 e. The van der Waals surface area contributed by atoms with Gasteiger partial charge in [-0.3, -0.25) is 9.69 Å². The van der Waals surface area contributed by atoms with Crippen LogP contribution in [0.15, 0.2) is 53.0 Å². The highest BCUT2D eigenvalue weighted by molar-refractivity contribution is 5.91. The Labute approximate surface area is 143 Å². The van der Waals surface area contributed by atoms with Gasteiger partial charge in [-0.25, -0.2) is 0 Å². The first-order valence-corrected chi connectivity index (χ1v) is 8.50. The van der Waals surface area contributed by atoms with Gasteiger partial charge in [-0.05, 0) is 37.1 Å². The second kappa shape index (κ2) is 7.97. The van der Waals surface area contributed by atoms with Crippen molar-refractivity contribution in [2.75, 3.05) is 26.2 Å². The average molecular weight is 324 g/mol. The standard InChI is InChI=1S/C20H24N2O2/c1-17-8-9-19(24-17)10-11-20(23)22-13-5-12-21(14-15-22)16-18-6-3-2-4-7-18/h2-4,6-11H,5,12-16H2,1H3/b11-10+. The van der Waals surface area contributed by atoms with Crippen LogP contribution in [0.2, 0.25) is 0 Å². The zero-order valence-electron chi connectivity index (χ0n) is 14.1. The Morgan fingerprint density at radius 3 is 2.67 bits per heavy atom. The predicted octanol–water partition coefficient (Wildman–Crippen LogP) is 3.34. The van der Waals surface area contributed by atoms with Crippen LogP contribution in [0.25, 0.3) is 6.08 Å². The molecule has 1 aromatic carbocycles. The van der Waals surface area contributed by atoms with E-state index in [0.717, 1.165) is 50.7 Å². The molecule has 1 aliphatic rings. The zero-order valence-corrected chi connectivity index (χ0v) is 14.1. The van der Waals surface area contributed by atoms with E-state index in [1.165, 1.54) is 5.56 Å². The lowest BCUT2D eigenvalue weighted by atomic mass is 10.2. The van der Waals surface area contributed by atoms with E-state index in [1.54, 1.807) is 12.2 Å². The number of hydrogen-bond acceptors (Lipinski definition) is 3. The highest BCUT2D eigenvalue weighted by Crippen LogP contribution is 2.11. The van der Waals surface area contributed by atoms with Gasteiger partial charge in [0.05, 0.1) is 0 Å². The van der Waals surface area contributed by atoms with Crippen molar-refractivity contribution in [3.63, 3.8) is 0 Å². The van der Waals surface area contributed by atoms with Crippen LogP contribution in [0.3, 0.4) is 0 Å². The Morgan fingerprint density at radius 1 is 1.08 bits per heavy atom. The lowest BCUT2D eigenvalue weighted by Gasteiger charge is -2.21. The second-order valence-corrected chi connectivity index (χ2v) is 6.22. The number of aryl methyl sites for hydroxylation is 1. The fraction of sp³-hybridized carbons (Fsp3) is 0.350. The molecule has 0 unspecified atom stereocenters. The number of carbonyl (C=O) groups is 1. The summed E-state index contributed by atoms with van der Waals surface area (Å²) < 4.78 is 5.46. The van der Waals surface area contributed by atoms with Crippen molar-refractivity contribution in [1.29, 1.82) is 0 Å². The van der Waals surface area contributed by atoms with Gasteiger partial charge in [0, 0.05) is 38.8 Å². The van der Waals surface area contributed by atoms with Crippen LogP contribution >= 0.6 is 0 Å². The fourth-order valence-corrected chi connectivity index (χ4v) is 2.99. The van der Waals surface area contributed by atoms with E-state index >= 15 is 0 Å². The van der Waals surface area contributed by atoms with E-state index in [9.17, 15) is 4.79 Å². The van der Waals surface area contributed by atoms with Crippen LogP contribution in [-0.4, -0.2) is 41.9 Å². The molecule has 0 N–H and O–H groups in total. The minimum atomic E-state index is 0.0608. The van der Waals surface area contributed by atoms with Crippen LogP contribution in [0, 0.1) is 6.92 Å². The SMILES string of the molecule is Cc1ccc(/C=C/C(=O)N2CCCN(Cc3ccccc3)CC2)o1. The van der Waals surface area contributed by atoms with Gasteiger partial charge in [0.1, 0.15) is 11.5 Å². The highest BCUT2D eigenvalue weighted by atomic mass is 16.3. The van der Waals surface area contributed by atoms with Crippen LogP contribution in [0.4, 0.5) is 0 Å². The molecule has 1 aliphatic heterocycles. The third-order valence-electron chi connectivity index (χ3n) is 4.30. The fourth-order valence-electron chi connectivity index (χ4n) is 2.99. The molecule has 2 heterocycles. The average Bonchev–Trinajstić information content (AvgIpc) is 2.87. The number of amides is 1. The van der Waals surface area contributed by atoms with Gasteiger partial charge in [0.15, 0.2) is 0 Å². The third-order valence-corrected chi connectivity index (χ3v) is 4.30. The Kier molecular flexibility index (Phi) is 5.49. The molecule has 0 saturated carbocycles.